The summed E-state index contributed by atoms with van der Waals surface area (Å²) in [6.07, 6.45) is 0.952. The number of carbonyl (C=O) groups excluding carboxylic acids is 1. The molecule has 120 valence electrons. The van der Waals surface area contributed by atoms with Crippen LogP contribution in [0.4, 0.5) is 0 Å². The fourth-order valence-electron chi connectivity index (χ4n) is 2.57. The lowest BCUT2D eigenvalue weighted by atomic mass is 10.0. The van der Waals surface area contributed by atoms with Gasteiger partial charge < -0.3 is 11.1 Å². The highest BCUT2D eigenvalue weighted by Crippen LogP contribution is 2.20. The average molecular weight is 305 g/mol. The van der Waals surface area contributed by atoms with E-state index in [-0.39, 0.29) is 23.9 Å². The number of aryl methyl sites for hydroxylation is 3. The minimum absolute atomic E-state index is 0.0599. The van der Waals surface area contributed by atoms with E-state index in [0.717, 1.165) is 23.2 Å². The van der Waals surface area contributed by atoms with E-state index in [1.807, 2.05) is 20.8 Å². The molecule has 0 saturated heterocycles. The molecule has 1 amide bonds. The van der Waals surface area contributed by atoms with Crippen LogP contribution in [0.3, 0.4) is 0 Å². The van der Waals surface area contributed by atoms with Gasteiger partial charge in [-0.15, -0.1) is 0 Å². The summed E-state index contributed by atoms with van der Waals surface area (Å²) in [5.74, 6) is -0.0830. The normalized spacial score (nSPS) is 12.6. The van der Waals surface area contributed by atoms with Gasteiger partial charge in [0, 0.05) is 25.3 Å². The van der Waals surface area contributed by atoms with Crippen molar-refractivity contribution in [3.05, 3.63) is 27.2 Å². The van der Waals surface area contributed by atoms with Crippen molar-refractivity contribution < 1.29 is 4.79 Å². The topological polar surface area (TPSA) is 106 Å². The molecule has 4 N–H and O–H groups in total. The number of aromatic amines is 1. The van der Waals surface area contributed by atoms with Gasteiger partial charge in [0.1, 0.15) is 0 Å². The molecule has 0 bridgehead atoms. The summed E-state index contributed by atoms with van der Waals surface area (Å²) < 4.78 is 1.60. The Morgan fingerprint density at radius 1 is 1.45 bits per heavy atom. The number of carbonyl (C=O) groups is 1. The molecule has 2 heterocycles. The lowest BCUT2D eigenvalue weighted by molar-refractivity contribution is -0.120. The van der Waals surface area contributed by atoms with Crippen molar-refractivity contribution >= 4 is 16.9 Å². The summed E-state index contributed by atoms with van der Waals surface area (Å²) >= 11 is 0. The molecule has 7 heteroatoms. The van der Waals surface area contributed by atoms with E-state index in [4.69, 9.17) is 5.73 Å². The van der Waals surface area contributed by atoms with Crippen LogP contribution in [0.2, 0.25) is 0 Å². The van der Waals surface area contributed by atoms with Crippen LogP contribution in [0.5, 0.6) is 0 Å². The van der Waals surface area contributed by atoms with E-state index < -0.39 is 0 Å². The van der Waals surface area contributed by atoms with E-state index in [9.17, 15) is 9.59 Å². The van der Waals surface area contributed by atoms with Crippen molar-refractivity contribution in [1.82, 2.24) is 20.1 Å². The predicted molar refractivity (Wildman–Crippen MR) is 85.8 cm³/mol. The molecule has 0 fully saturated rings. The van der Waals surface area contributed by atoms with Crippen molar-refractivity contribution in [2.24, 2.45) is 12.8 Å². The van der Waals surface area contributed by atoms with E-state index in [1.54, 1.807) is 11.7 Å². The average Bonchev–Trinajstić information content (AvgIpc) is 2.69. The number of pyridine rings is 1. The lowest BCUT2D eigenvalue weighted by Crippen LogP contribution is -2.30. The Balaban J connectivity index is 2.26. The van der Waals surface area contributed by atoms with Crippen molar-refractivity contribution in [2.45, 2.75) is 39.7 Å². The van der Waals surface area contributed by atoms with Crippen molar-refractivity contribution in [2.75, 3.05) is 6.54 Å². The van der Waals surface area contributed by atoms with E-state index in [0.29, 0.717) is 17.6 Å². The van der Waals surface area contributed by atoms with E-state index in [2.05, 4.69) is 15.4 Å². The predicted octanol–water partition coefficient (Wildman–Crippen LogP) is 0.274. The molecule has 7 nitrogen and oxygen atoms in total. The molecule has 0 saturated carbocycles. The Morgan fingerprint density at radius 3 is 2.77 bits per heavy atom. The SMILES string of the molecule is Cc1nc2c(c(C)c1CC(=O)NCCC(C)N)c(=O)[nH]n2C. The van der Waals surface area contributed by atoms with Gasteiger partial charge in [-0.25, -0.2) is 4.98 Å². The third-order valence-electron chi connectivity index (χ3n) is 3.83. The maximum Gasteiger partial charge on any atom is 0.273 e. The second-order valence-corrected chi connectivity index (χ2v) is 5.79. The van der Waals surface area contributed by atoms with Crippen LogP contribution in [0.1, 0.15) is 30.2 Å². The fourth-order valence-corrected chi connectivity index (χ4v) is 2.57. The molecule has 2 aromatic heterocycles. The lowest BCUT2D eigenvalue weighted by Gasteiger charge is -2.11. The first-order chi connectivity index (χ1) is 10.3. The van der Waals surface area contributed by atoms with Gasteiger partial charge in [0.25, 0.3) is 5.56 Å². The molecule has 1 unspecified atom stereocenters. The molecular formula is C15H23N5O2. The fraction of sp³-hybridized carbons (Fsp3) is 0.533. The Kier molecular flexibility index (Phi) is 4.65. The zero-order chi connectivity index (χ0) is 16.4. The zero-order valence-electron chi connectivity index (χ0n) is 13.5. The standard InChI is InChI=1S/C15H23N5O2/c1-8(16)5-6-17-12(21)7-11-9(2)13-14(18-10(11)3)20(4)19-15(13)22/h8H,5-7,16H2,1-4H3,(H,17,21)(H,19,22). The van der Waals surface area contributed by atoms with Gasteiger partial charge in [-0.2, -0.15) is 0 Å². The van der Waals surface area contributed by atoms with Crippen LogP contribution >= 0.6 is 0 Å². The van der Waals surface area contributed by atoms with E-state index >= 15 is 0 Å². The maximum atomic E-state index is 12.1. The van der Waals surface area contributed by atoms with Gasteiger partial charge in [-0.3, -0.25) is 19.4 Å². The Labute approximate surface area is 128 Å². The number of nitrogens with one attached hydrogen (secondary N) is 2. The molecule has 0 aliphatic heterocycles. The smallest absolute Gasteiger partial charge is 0.273 e. The molecule has 0 aliphatic rings. The van der Waals surface area contributed by atoms with Crippen LogP contribution < -0.4 is 16.6 Å². The molecular weight excluding hydrogens is 282 g/mol. The van der Waals surface area contributed by atoms with E-state index in [1.165, 1.54) is 0 Å². The third kappa shape index (κ3) is 3.19. The molecule has 0 aromatic carbocycles. The summed E-state index contributed by atoms with van der Waals surface area (Å²) in [6.45, 7) is 6.17. The van der Waals surface area contributed by atoms with Gasteiger partial charge in [0.05, 0.1) is 11.8 Å². The molecule has 0 radical (unpaired) electrons. The van der Waals surface area contributed by atoms with Crippen LogP contribution in [-0.4, -0.2) is 33.3 Å². The van der Waals surface area contributed by atoms with Gasteiger partial charge >= 0.3 is 0 Å². The monoisotopic (exact) mass is 305 g/mol. The van der Waals surface area contributed by atoms with Gasteiger partial charge in [0.15, 0.2) is 5.65 Å². The number of nitrogens with zero attached hydrogens (tertiary/aromatic N) is 2. The molecule has 1 atom stereocenters. The molecule has 2 aromatic rings. The second-order valence-electron chi connectivity index (χ2n) is 5.79. The highest BCUT2D eigenvalue weighted by Gasteiger charge is 2.17. The molecule has 22 heavy (non-hydrogen) atoms. The Bertz CT molecular complexity index is 757. The van der Waals surface area contributed by atoms with Crippen molar-refractivity contribution in [1.29, 1.82) is 0 Å². The van der Waals surface area contributed by atoms with Gasteiger partial charge in [-0.05, 0) is 38.3 Å². The van der Waals surface area contributed by atoms with Crippen molar-refractivity contribution in [3.8, 4) is 0 Å². The molecule has 0 aliphatic carbocycles. The first-order valence-electron chi connectivity index (χ1n) is 7.38. The highest BCUT2D eigenvalue weighted by atomic mass is 16.1. The number of aromatic nitrogens is 3. The van der Waals surface area contributed by atoms with Crippen molar-refractivity contribution in [3.63, 3.8) is 0 Å². The number of hydrogen-bond donors (Lipinski definition) is 3. The zero-order valence-corrected chi connectivity index (χ0v) is 13.5. The number of hydrogen-bond acceptors (Lipinski definition) is 4. The van der Waals surface area contributed by atoms with Crippen LogP contribution in [0.25, 0.3) is 11.0 Å². The summed E-state index contributed by atoms with van der Waals surface area (Å²) in [4.78, 5) is 28.5. The Morgan fingerprint density at radius 2 is 2.14 bits per heavy atom. The first kappa shape index (κ1) is 16.2. The second kappa shape index (κ2) is 6.31. The van der Waals surface area contributed by atoms with Gasteiger partial charge in [0.2, 0.25) is 5.91 Å². The summed E-state index contributed by atoms with van der Waals surface area (Å²) in [5.41, 5.74) is 8.48. The number of fused-ring (bicyclic) bond motifs is 1. The first-order valence-corrected chi connectivity index (χ1v) is 7.38. The third-order valence-corrected chi connectivity index (χ3v) is 3.83. The number of nitrogens with two attached hydrogens (primary N) is 1. The maximum absolute atomic E-state index is 12.1. The Hall–Kier alpha value is -2.15. The number of amides is 1. The molecule has 0 spiro atoms. The van der Waals surface area contributed by atoms with Crippen LogP contribution in [-0.2, 0) is 18.3 Å². The van der Waals surface area contributed by atoms with Crippen LogP contribution in [0.15, 0.2) is 4.79 Å². The highest BCUT2D eigenvalue weighted by molar-refractivity contribution is 5.84. The summed E-state index contributed by atoms with van der Waals surface area (Å²) in [7, 11) is 1.75. The summed E-state index contributed by atoms with van der Waals surface area (Å²) in [6, 6.07) is 0.0599. The van der Waals surface area contributed by atoms with Crippen LogP contribution in [0, 0.1) is 13.8 Å². The quantitative estimate of drug-likeness (QED) is 0.737. The number of rotatable bonds is 5. The summed E-state index contributed by atoms with van der Waals surface area (Å²) in [5, 5.41) is 6.09. The molecule has 2 rings (SSSR count). The minimum Gasteiger partial charge on any atom is -0.356 e. The largest absolute Gasteiger partial charge is 0.356 e. The number of H-pyrrole nitrogens is 1. The minimum atomic E-state index is -0.180. The van der Waals surface area contributed by atoms with Gasteiger partial charge in [-0.1, -0.05) is 0 Å².